The van der Waals surface area contributed by atoms with Crippen LogP contribution in [0.4, 0.5) is 0 Å². The first-order valence-corrected chi connectivity index (χ1v) is 12.0. The van der Waals surface area contributed by atoms with Crippen LogP contribution >= 0.6 is 11.8 Å². The fourth-order valence-electron chi connectivity index (χ4n) is 3.84. The van der Waals surface area contributed by atoms with Gasteiger partial charge in [-0.3, -0.25) is 9.59 Å². The number of rotatable bonds is 8. The lowest BCUT2D eigenvalue weighted by Crippen LogP contribution is -2.44. The highest BCUT2D eigenvalue weighted by Gasteiger charge is 2.41. The third-order valence-corrected chi connectivity index (χ3v) is 6.98. The number of methoxy groups -OCH3 is 1. The second-order valence-corrected chi connectivity index (χ2v) is 9.28. The molecule has 0 aliphatic carbocycles. The van der Waals surface area contributed by atoms with Gasteiger partial charge in [0, 0.05) is 30.6 Å². The predicted octanol–water partition coefficient (Wildman–Crippen LogP) is 4.58. The van der Waals surface area contributed by atoms with Gasteiger partial charge in [0.05, 0.1) is 12.4 Å². The van der Waals surface area contributed by atoms with Gasteiger partial charge in [-0.15, -0.1) is 11.8 Å². The summed E-state index contributed by atoms with van der Waals surface area (Å²) in [5, 5.41) is -0.395. The average Bonchev–Trinajstić information content (AvgIpc) is 2.92. The maximum atomic E-state index is 13.9. The van der Waals surface area contributed by atoms with Crippen LogP contribution < -0.4 is 4.74 Å². The number of hydrogen-bond acceptors (Lipinski definition) is 6. The van der Waals surface area contributed by atoms with Gasteiger partial charge in [-0.25, -0.2) is 0 Å². The summed E-state index contributed by atoms with van der Waals surface area (Å²) in [5.41, 5.74) is 2.90. The molecular formula is C26H32N2O4S. The summed E-state index contributed by atoms with van der Waals surface area (Å²) in [6.07, 6.45) is -0.260. The van der Waals surface area contributed by atoms with Crippen LogP contribution in [-0.2, 0) is 14.3 Å². The molecule has 6 nitrogen and oxygen atoms in total. The van der Waals surface area contributed by atoms with Gasteiger partial charge in [0.15, 0.2) is 6.10 Å². The number of ether oxygens (including phenoxy) is 2. The van der Waals surface area contributed by atoms with Crippen molar-refractivity contribution in [2.45, 2.75) is 31.6 Å². The number of thioether (sulfide) groups is 1. The zero-order valence-corrected chi connectivity index (χ0v) is 20.7. The number of esters is 1. The van der Waals surface area contributed by atoms with E-state index in [1.165, 1.54) is 6.92 Å². The zero-order valence-electron chi connectivity index (χ0n) is 19.9. The molecule has 1 amide bonds. The first kappa shape index (κ1) is 24.9. The van der Waals surface area contributed by atoms with Gasteiger partial charge in [-0.05, 0) is 43.8 Å². The molecule has 0 N–H and O–H groups in total. The molecule has 1 heterocycles. The lowest BCUT2D eigenvalue weighted by Gasteiger charge is -2.29. The summed E-state index contributed by atoms with van der Waals surface area (Å²) in [4.78, 5) is 30.9. The standard InChI is InChI=1S/C26H32N2O4S/c1-6-22-24(19-10-8-7-9-11-19)33-25(20-12-14-21(31-5)15-13-20)23(32-18(2)29)26(30)28(22)17-16-27(3)4/h7-15,23,25H,6,16-17H2,1-5H3/t23-,25+/m1/s1. The Morgan fingerprint density at radius 2 is 1.76 bits per heavy atom. The number of hydrogen-bond donors (Lipinski definition) is 0. The summed E-state index contributed by atoms with van der Waals surface area (Å²) in [6.45, 7) is 4.62. The number of allylic oxidation sites excluding steroid dienone is 1. The van der Waals surface area contributed by atoms with Gasteiger partial charge in [0.1, 0.15) is 5.75 Å². The second kappa shape index (κ2) is 11.4. The van der Waals surface area contributed by atoms with E-state index in [1.807, 2.05) is 66.4 Å². The van der Waals surface area contributed by atoms with Crippen LogP contribution in [0.1, 0.15) is 36.6 Å². The van der Waals surface area contributed by atoms with E-state index in [4.69, 9.17) is 9.47 Å². The lowest BCUT2D eigenvalue weighted by molar-refractivity contribution is -0.157. The Morgan fingerprint density at radius 1 is 1.09 bits per heavy atom. The summed E-state index contributed by atoms with van der Waals surface area (Å²) in [7, 11) is 5.58. The van der Waals surface area contributed by atoms with E-state index in [2.05, 4.69) is 19.1 Å². The monoisotopic (exact) mass is 468 g/mol. The smallest absolute Gasteiger partial charge is 0.303 e. The van der Waals surface area contributed by atoms with Crippen molar-refractivity contribution in [1.82, 2.24) is 9.80 Å². The van der Waals surface area contributed by atoms with Gasteiger partial charge in [0.25, 0.3) is 5.91 Å². The lowest BCUT2D eigenvalue weighted by atomic mass is 10.0. The number of carbonyl (C=O) groups is 2. The summed E-state index contributed by atoms with van der Waals surface area (Å²) in [6, 6.07) is 17.7. The van der Waals surface area contributed by atoms with Gasteiger partial charge in [-0.1, -0.05) is 49.4 Å². The molecule has 2 aromatic carbocycles. The van der Waals surface area contributed by atoms with Crippen molar-refractivity contribution in [3.05, 3.63) is 71.4 Å². The van der Waals surface area contributed by atoms with Gasteiger partial charge in [-0.2, -0.15) is 0 Å². The molecule has 0 saturated carbocycles. The fraction of sp³-hybridized carbons (Fsp3) is 0.385. The Balaban J connectivity index is 2.17. The number of amides is 1. The molecule has 1 aliphatic heterocycles. The van der Waals surface area contributed by atoms with Crippen molar-refractivity contribution in [2.24, 2.45) is 0 Å². The number of benzene rings is 2. The van der Waals surface area contributed by atoms with Crippen LogP contribution in [0.3, 0.4) is 0 Å². The highest BCUT2D eigenvalue weighted by Crippen LogP contribution is 2.48. The SMILES string of the molecule is CCC1=C(c2ccccc2)S[C@@H](c2ccc(OC)cc2)[C@@H](OC(C)=O)C(=O)N1CCN(C)C. The molecule has 3 rings (SSSR count). The molecule has 0 fully saturated rings. The highest BCUT2D eigenvalue weighted by molar-refractivity contribution is 8.08. The minimum atomic E-state index is -0.939. The van der Waals surface area contributed by atoms with Crippen LogP contribution in [0.15, 0.2) is 60.3 Å². The molecule has 7 heteroatoms. The minimum Gasteiger partial charge on any atom is -0.497 e. The normalized spacial score (nSPS) is 19.0. The molecule has 0 saturated heterocycles. The maximum Gasteiger partial charge on any atom is 0.303 e. The first-order chi connectivity index (χ1) is 15.8. The van der Waals surface area contributed by atoms with E-state index < -0.39 is 17.3 Å². The van der Waals surface area contributed by atoms with Gasteiger partial charge >= 0.3 is 5.97 Å². The Kier molecular flexibility index (Phi) is 8.58. The number of nitrogens with zero attached hydrogens (tertiary/aromatic N) is 2. The third kappa shape index (κ3) is 5.97. The van der Waals surface area contributed by atoms with Gasteiger partial charge < -0.3 is 19.3 Å². The molecule has 1 aliphatic rings. The summed E-state index contributed by atoms with van der Waals surface area (Å²) >= 11 is 1.58. The molecule has 0 radical (unpaired) electrons. The topological polar surface area (TPSA) is 59.1 Å². The zero-order chi connectivity index (χ0) is 24.0. The molecule has 33 heavy (non-hydrogen) atoms. The van der Waals surface area contributed by atoms with E-state index in [9.17, 15) is 9.59 Å². The van der Waals surface area contributed by atoms with E-state index in [0.717, 1.165) is 27.5 Å². The fourth-order valence-corrected chi connectivity index (χ4v) is 5.35. The van der Waals surface area contributed by atoms with Gasteiger partial charge in [0.2, 0.25) is 0 Å². The molecule has 176 valence electrons. The molecule has 0 aromatic heterocycles. The first-order valence-electron chi connectivity index (χ1n) is 11.1. The molecule has 0 spiro atoms. The second-order valence-electron chi connectivity index (χ2n) is 8.13. The Hall–Kier alpha value is -2.77. The molecule has 0 bridgehead atoms. The third-order valence-electron chi connectivity index (χ3n) is 5.50. The van der Waals surface area contributed by atoms with Crippen molar-refractivity contribution in [3.63, 3.8) is 0 Å². The minimum absolute atomic E-state index is 0.192. The van der Waals surface area contributed by atoms with E-state index >= 15 is 0 Å². The predicted molar refractivity (Wildman–Crippen MR) is 133 cm³/mol. The molecule has 0 unspecified atom stereocenters. The summed E-state index contributed by atoms with van der Waals surface area (Å²) in [5.74, 6) is 0.0674. The number of likely N-dealkylation sites (N-methyl/N-ethyl adjacent to an activating group) is 1. The van der Waals surface area contributed by atoms with E-state index in [1.54, 1.807) is 18.9 Å². The number of carbonyl (C=O) groups excluding carboxylic acids is 2. The Bertz CT molecular complexity index is 989. The van der Waals surface area contributed by atoms with Crippen LogP contribution in [0.2, 0.25) is 0 Å². The van der Waals surface area contributed by atoms with Crippen molar-refractivity contribution in [2.75, 3.05) is 34.3 Å². The van der Waals surface area contributed by atoms with Crippen LogP contribution in [0.5, 0.6) is 5.75 Å². The molecular weight excluding hydrogens is 436 g/mol. The Morgan fingerprint density at radius 3 is 2.30 bits per heavy atom. The maximum absolute atomic E-state index is 13.9. The van der Waals surface area contributed by atoms with Crippen LogP contribution in [0.25, 0.3) is 4.91 Å². The highest BCUT2D eigenvalue weighted by atomic mass is 32.2. The molecule has 2 atom stereocenters. The van der Waals surface area contributed by atoms with Crippen LogP contribution in [-0.4, -0.2) is 62.1 Å². The van der Waals surface area contributed by atoms with Crippen molar-refractivity contribution < 1.29 is 19.1 Å². The van der Waals surface area contributed by atoms with Crippen molar-refractivity contribution in [1.29, 1.82) is 0 Å². The largest absolute Gasteiger partial charge is 0.497 e. The van der Waals surface area contributed by atoms with E-state index in [0.29, 0.717) is 19.5 Å². The van der Waals surface area contributed by atoms with Crippen LogP contribution in [0, 0.1) is 0 Å². The van der Waals surface area contributed by atoms with Crippen molar-refractivity contribution in [3.8, 4) is 5.75 Å². The summed E-state index contributed by atoms with van der Waals surface area (Å²) < 4.78 is 11.0. The van der Waals surface area contributed by atoms with Crippen molar-refractivity contribution >= 4 is 28.5 Å². The molecule has 2 aromatic rings. The quantitative estimate of drug-likeness (QED) is 0.529. The average molecular weight is 469 g/mol. The van der Waals surface area contributed by atoms with E-state index in [-0.39, 0.29) is 5.91 Å². The Labute approximate surface area is 200 Å².